The molecule has 0 amide bonds. The molecular formula is C19H21NO. The number of phenolic OH excluding ortho intramolecular Hbond substituents is 1. The molecule has 108 valence electrons. The van der Waals surface area contributed by atoms with Gasteiger partial charge in [0.2, 0.25) is 0 Å². The second-order valence-corrected chi connectivity index (χ2v) is 6.36. The van der Waals surface area contributed by atoms with Gasteiger partial charge < -0.3 is 5.11 Å². The Kier molecular flexibility index (Phi) is 3.19. The molecule has 1 fully saturated rings. The van der Waals surface area contributed by atoms with Crippen LogP contribution in [0.25, 0.3) is 0 Å². The van der Waals surface area contributed by atoms with Gasteiger partial charge in [0.1, 0.15) is 5.75 Å². The highest BCUT2D eigenvalue weighted by Gasteiger charge is 2.36. The van der Waals surface area contributed by atoms with Crippen molar-refractivity contribution in [3.63, 3.8) is 0 Å². The Balaban J connectivity index is 1.67. The summed E-state index contributed by atoms with van der Waals surface area (Å²) < 4.78 is 0. The van der Waals surface area contributed by atoms with Gasteiger partial charge in [-0.2, -0.15) is 0 Å². The second kappa shape index (κ2) is 5.19. The molecule has 2 aromatic rings. The van der Waals surface area contributed by atoms with Crippen molar-refractivity contribution < 1.29 is 5.11 Å². The van der Waals surface area contributed by atoms with E-state index in [1.807, 2.05) is 12.1 Å². The lowest BCUT2D eigenvalue weighted by molar-refractivity contribution is 0.197. The van der Waals surface area contributed by atoms with Crippen molar-refractivity contribution in [2.75, 3.05) is 6.54 Å². The molecule has 21 heavy (non-hydrogen) atoms. The molecule has 2 unspecified atom stereocenters. The Bertz CT molecular complexity index is 637. The van der Waals surface area contributed by atoms with Crippen LogP contribution in [0.2, 0.25) is 0 Å². The van der Waals surface area contributed by atoms with E-state index in [0.717, 1.165) is 13.1 Å². The summed E-state index contributed by atoms with van der Waals surface area (Å²) in [5.41, 5.74) is 4.20. The summed E-state index contributed by atoms with van der Waals surface area (Å²) in [7, 11) is 0. The Morgan fingerprint density at radius 1 is 1.05 bits per heavy atom. The first kappa shape index (κ1) is 12.9. The number of benzene rings is 2. The maximum atomic E-state index is 9.84. The Morgan fingerprint density at radius 3 is 2.76 bits per heavy atom. The van der Waals surface area contributed by atoms with Crippen molar-refractivity contribution in [2.24, 2.45) is 0 Å². The van der Waals surface area contributed by atoms with Crippen molar-refractivity contribution >= 4 is 0 Å². The van der Waals surface area contributed by atoms with Crippen LogP contribution in [0.4, 0.5) is 0 Å². The average molecular weight is 279 g/mol. The Morgan fingerprint density at radius 2 is 1.90 bits per heavy atom. The Labute approximate surface area is 126 Å². The first-order valence-electron chi connectivity index (χ1n) is 7.92. The molecule has 0 spiro atoms. The van der Waals surface area contributed by atoms with Crippen LogP contribution in [-0.2, 0) is 6.54 Å². The molecule has 1 aliphatic heterocycles. The number of phenols is 1. The summed E-state index contributed by atoms with van der Waals surface area (Å²) in [4.78, 5) is 2.60. The lowest BCUT2D eigenvalue weighted by Crippen LogP contribution is -2.27. The fourth-order valence-electron chi connectivity index (χ4n) is 4.07. The molecule has 2 bridgehead atoms. The normalized spacial score (nSPS) is 24.6. The van der Waals surface area contributed by atoms with Gasteiger partial charge in [-0.1, -0.05) is 36.4 Å². The van der Waals surface area contributed by atoms with E-state index < -0.39 is 0 Å². The van der Waals surface area contributed by atoms with Crippen LogP contribution in [0.3, 0.4) is 0 Å². The minimum absolute atomic E-state index is 0.402. The molecule has 2 atom stereocenters. The average Bonchev–Trinajstić information content (AvgIpc) is 2.71. The van der Waals surface area contributed by atoms with Gasteiger partial charge in [-0.25, -0.2) is 0 Å². The van der Waals surface area contributed by atoms with Crippen molar-refractivity contribution in [1.82, 2.24) is 4.90 Å². The quantitative estimate of drug-likeness (QED) is 0.890. The molecule has 1 N–H and O–H groups in total. The number of likely N-dealkylation sites (tertiary alicyclic amines) is 1. The van der Waals surface area contributed by atoms with E-state index in [0.29, 0.717) is 17.7 Å². The molecule has 0 aromatic heterocycles. The van der Waals surface area contributed by atoms with Gasteiger partial charge in [-0.15, -0.1) is 0 Å². The number of fused-ring (bicyclic) bond motifs is 5. The van der Waals surface area contributed by atoms with Crippen molar-refractivity contribution in [1.29, 1.82) is 0 Å². The SMILES string of the molecule is Oc1ccc2c(c1)C1CC2CCCN1Cc1ccccc1. The van der Waals surface area contributed by atoms with E-state index in [1.165, 1.54) is 36.0 Å². The molecule has 1 heterocycles. The third kappa shape index (κ3) is 2.34. The van der Waals surface area contributed by atoms with Crippen LogP contribution in [0, 0.1) is 0 Å². The lowest BCUT2D eigenvalue weighted by atomic mass is 9.96. The molecule has 2 aliphatic rings. The molecule has 4 rings (SSSR count). The molecule has 2 nitrogen and oxygen atoms in total. The predicted molar refractivity (Wildman–Crippen MR) is 84.3 cm³/mol. The highest BCUT2D eigenvalue weighted by Crippen LogP contribution is 2.49. The first-order chi connectivity index (χ1) is 10.3. The van der Waals surface area contributed by atoms with E-state index in [1.54, 1.807) is 0 Å². The van der Waals surface area contributed by atoms with Crippen LogP contribution < -0.4 is 0 Å². The fraction of sp³-hybridized carbons (Fsp3) is 0.368. The minimum atomic E-state index is 0.402. The van der Waals surface area contributed by atoms with Crippen LogP contribution >= 0.6 is 0 Å². The van der Waals surface area contributed by atoms with Gasteiger partial charge >= 0.3 is 0 Å². The van der Waals surface area contributed by atoms with E-state index in [9.17, 15) is 5.11 Å². The third-order valence-corrected chi connectivity index (χ3v) is 5.04. The van der Waals surface area contributed by atoms with Gasteiger partial charge in [0.05, 0.1) is 0 Å². The molecule has 0 radical (unpaired) electrons. The van der Waals surface area contributed by atoms with Crippen molar-refractivity contribution in [2.45, 2.75) is 37.8 Å². The van der Waals surface area contributed by atoms with E-state index >= 15 is 0 Å². The second-order valence-electron chi connectivity index (χ2n) is 6.36. The molecule has 2 heteroatoms. The maximum Gasteiger partial charge on any atom is 0.115 e. The summed E-state index contributed by atoms with van der Waals surface area (Å²) in [6, 6.07) is 17.2. The minimum Gasteiger partial charge on any atom is -0.508 e. The lowest BCUT2D eigenvalue weighted by Gasteiger charge is -2.29. The van der Waals surface area contributed by atoms with Crippen LogP contribution in [0.15, 0.2) is 48.5 Å². The summed E-state index contributed by atoms with van der Waals surface area (Å²) in [6.45, 7) is 2.17. The zero-order chi connectivity index (χ0) is 14.2. The topological polar surface area (TPSA) is 23.5 Å². The largest absolute Gasteiger partial charge is 0.508 e. The predicted octanol–water partition coefficient (Wildman–Crippen LogP) is 4.22. The Hall–Kier alpha value is -1.80. The molecule has 0 saturated carbocycles. The highest BCUT2D eigenvalue weighted by atomic mass is 16.3. The van der Waals surface area contributed by atoms with Gasteiger partial charge in [0.25, 0.3) is 0 Å². The van der Waals surface area contributed by atoms with Crippen LogP contribution in [0.5, 0.6) is 5.75 Å². The summed E-state index contributed by atoms with van der Waals surface area (Å²) in [5, 5.41) is 9.84. The first-order valence-corrected chi connectivity index (χ1v) is 7.92. The third-order valence-electron chi connectivity index (χ3n) is 5.04. The van der Waals surface area contributed by atoms with E-state index in [4.69, 9.17) is 0 Å². The zero-order valence-electron chi connectivity index (χ0n) is 12.2. The zero-order valence-corrected chi connectivity index (χ0v) is 12.2. The van der Waals surface area contributed by atoms with Crippen molar-refractivity contribution in [3.8, 4) is 5.75 Å². The van der Waals surface area contributed by atoms with Crippen LogP contribution in [-0.4, -0.2) is 16.6 Å². The number of hydrogen-bond acceptors (Lipinski definition) is 2. The standard InChI is InChI=1S/C19H21NO/c21-16-8-9-17-15-7-4-10-20(19(11-15)18(17)12-16)13-14-5-2-1-3-6-14/h1-3,5-6,8-9,12,15,19,21H,4,7,10-11,13H2. The van der Waals surface area contributed by atoms with E-state index in [2.05, 4.69) is 41.3 Å². The fourth-order valence-corrected chi connectivity index (χ4v) is 4.07. The van der Waals surface area contributed by atoms with Gasteiger partial charge in [-0.3, -0.25) is 4.90 Å². The van der Waals surface area contributed by atoms with Gasteiger partial charge in [0, 0.05) is 12.6 Å². The summed E-state index contributed by atoms with van der Waals surface area (Å²) >= 11 is 0. The number of hydrogen-bond donors (Lipinski definition) is 1. The number of nitrogens with zero attached hydrogens (tertiary/aromatic N) is 1. The monoisotopic (exact) mass is 279 g/mol. The molecular weight excluding hydrogens is 258 g/mol. The van der Waals surface area contributed by atoms with E-state index in [-0.39, 0.29) is 0 Å². The molecule has 1 aliphatic carbocycles. The molecule has 2 aromatic carbocycles. The summed E-state index contributed by atoms with van der Waals surface area (Å²) in [5.74, 6) is 1.09. The van der Waals surface area contributed by atoms with Gasteiger partial charge in [0.15, 0.2) is 0 Å². The highest BCUT2D eigenvalue weighted by molar-refractivity contribution is 5.43. The number of rotatable bonds is 2. The smallest absolute Gasteiger partial charge is 0.115 e. The molecule has 1 saturated heterocycles. The van der Waals surface area contributed by atoms with Crippen LogP contribution in [0.1, 0.15) is 47.9 Å². The van der Waals surface area contributed by atoms with Gasteiger partial charge in [-0.05, 0) is 60.5 Å². The summed E-state index contributed by atoms with van der Waals surface area (Å²) in [6.07, 6.45) is 3.76. The van der Waals surface area contributed by atoms with Crippen molar-refractivity contribution in [3.05, 3.63) is 65.2 Å². The maximum absolute atomic E-state index is 9.84. The number of aromatic hydroxyl groups is 1.